The maximum Gasteiger partial charge on any atom is 0.160 e. The van der Waals surface area contributed by atoms with Gasteiger partial charge in [-0.05, 0) is 24.3 Å². The molecule has 2 aromatic rings. The first-order valence-corrected chi connectivity index (χ1v) is 5.61. The Kier molecular flexibility index (Phi) is 3.39. The van der Waals surface area contributed by atoms with Crippen LogP contribution in [0, 0.1) is 11.6 Å². The second-order valence-corrected chi connectivity index (χ2v) is 4.24. The predicted octanol–water partition coefficient (Wildman–Crippen LogP) is 3.97. The number of hydrogen-bond acceptors (Lipinski definition) is 2. The Balaban J connectivity index is 2.48. The molecule has 0 aromatic heterocycles. The second-order valence-electron chi connectivity index (χ2n) is 3.84. The van der Waals surface area contributed by atoms with E-state index < -0.39 is 11.6 Å². The van der Waals surface area contributed by atoms with E-state index in [1.165, 1.54) is 6.07 Å². The average Bonchev–Trinajstić information content (AvgIpc) is 2.32. The predicted molar refractivity (Wildman–Crippen MR) is 70.3 cm³/mol. The van der Waals surface area contributed by atoms with Crippen LogP contribution in [0.3, 0.4) is 0 Å². The van der Waals surface area contributed by atoms with Gasteiger partial charge in [-0.15, -0.1) is 0 Å². The van der Waals surface area contributed by atoms with Crippen molar-refractivity contribution >= 4 is 28.7 Å². The molecule has 0 heterocycles. The van der Waals surface area contributed by atoms with Crippen LogP contribution in [0.5, 0.6) is 0 Å². The highest BCUT2D eigenvalue weighted by atomic mass is 35.5. The molecule has 5 heteroatoms. The molecule has 0 saturated heterocycles. The van der Waals surface area contributed by atoms with Gasteiger partial charge < -0.3 is 10.6 Å². The standard InChI is InChI=1S/C13H11ClF2N2/c1-18(8-5-6-10(15)11(16)7-8)13-9(14)3-2-4-12(13)17/h2-7H,17H2,1H3. The highest BCUT2D eigenvalue weighted by Gasteiger charge is 2.13. The summed E-state index contributed by atoms with van der Waals surface area (Å²) in [5.41, 5.74) is 7.33. The van der Waals surface area contributed by atoms with Gasteiger partial charge in [-0.25, -0.2) is 8.78 Å². The fraction of sp³-hybridized carbons (Fsp3) is 0.0769. The lowest BCUT2D eigenvalue weighted by molar-refractivity contribution is 0.509. The zero-order chi connectivity index (χ0) is 13.3. The van der Waals surface area contributed by atoms with Gasteiger partial charge >= 0.3 is 0 Å². The third-order valence-corrected chi connectivity index (χ3v) is 2.95. The fourth-order valence-corrected chi connectivity index (χ4v) is 2.02. The first kappa shape index (κ1) is 12.6. The van der Waals surface area contributed by atoms with Crippen LogP contribution in [0.2, 0.25) is 5.02 Å². The molecule has 0 aliphatic carbocycles. The van der Waals surface area contributed by atoms with Gasteiger partial charge in [0.1, 0.15) is 0 Å². The Hall–Kier alpha value is -1.81. The molecule has 94 valence electrons. The zero-order valence-electron chi connectivity index (χ0n) is 9.62. The minimum Gasteiger partial charge on any atom is -0.397 e. The number of benzene rings is 2. The molecule has 0 unspecified atom stereocenters. The summed E-state index contributed by atoms with van der Waals surface area (Å²) in [4.78, 5) is 1.61. The number of halogens is 3. The van der Waals surface area contributed by atoms with Crippen molar-refractivity contribution in [1.82, 2.24) is 0 Å². The highest BCUT2D eigenvalue weighted by Crippen LogP contribution is 2.35. The minimum absolute atomic E-state index is 0.447. The van der Waals surface area contributed by atoms with E-state index in [9.17, 15) is 8.78 Å². The van der Waals surface area contributed by atoms with E-state index in [-0.39, 0.29) is 0 Å². The Morgan fingerprint density at radius 2 is 1.83 bits per heavy atom. The van der Waals surface area contributed by atoms with Crippen LogP contribution in [-0.2, 0) is 0 Å². The van der Waals surface area contributed by atoms with Crippen molar-refractivity contribution in [3.63, 3.8) is 0 Å². The van der Waals surface area contributed by atoms with E-state index in [1.54, 1.807) is 30.1 Å². The number of anilines is 3. The van der Waals surface area contributed by atoms with Crippen LogP contribution in [0.4, 0.5) is 25.8 Å². The summed E-state index contributed by atoms with van der Waals surface area (Å²) in [6, 6.07) is 8.72. The first-order chi connectivity index (χ1) is 8.50. The van der Waals surface area contributed by atoms with Gasteiger partial charge in [0.25, 0.3) is 0 Å². The zero-order valence-corrected chi connectivity index (χ0v) is 10.4. The fourth-order valence-electron chi connectivity index (χ4n) is 1.71. The van der Waals surface area contributed by atoms with Crippen molar-refractivity contribution in [1.29, 1.82) is 0 Å². The summed E-state index contributed by atoms with van der Waals surface area (Å²) in [6.07, 6.45) is 0. The summed E-state index contributed by atoms with van der Waals surface area (Å²) in [5, 5.41) is 0.447. The van der Waals surface area contributed by atoms with Crippen molar-refractivity contribution < 1.29 is 8.78 Å². The molecule has 0 atom stereocenters. The van der Waals surface area contributed by atoms with Gasteiger partial charge in [0.05, 0.1) is 16.4 Å². The van der Waals surface area contributed by atoms with E-state index in [4.69, 9.17) is 17.3 Å². The van der Waals surface area contributed by atoms with Crippen LogP contribution in [0.25, 0.3) is 0 Å². The molecule has 0 fully saturated rings. The Morgan fingerprint density at radius 1 is 1.11 bits per heavy atom. The molecule has 0 amide bonds. The third-order valence-electron chi connectivity index (χ3n) is 2.64. The van der Waals surface area contributed by atoms with Crippen LogP contribution in [0.15, 0.2) is 36.4 Å². The number of nitrogens with two attached hydrogens (primary N) is 1. The number of para-hydroxylation sites is 1. The van der Waals surface area contributed by atoms with E-state index in [0.717, 1.165) is 12.1 Å². The van der Waals surface area contributed by atoms with Crippen molar-refractivity contribution in [3.05, 3.63) is 53.1 Å². The van der Waals surface area contributed by atoms with Gasteiger partial charge in [-0.2, -0.15) is 0 Å². The first-order valence-electron chi connectivity index (χ1n) is 5.23. The van der Waals surface area contributed by atoms with Gasteiger partial charge in [-0.1, -0.05) is 17.7 Å². The Bertz CT molecular complexity index is 567. The lowest BCUT2D eigenvalue weighted by Crippen LogP contribution is -2.12. The molecular weight excluding hydrogens is 258 g/mol. The summed E-state index contributed by atoms with van der Waals surface area (Å²) >= 11 is 6.06. The molecule has 2 N–H and O–H groups in total. The molecule has 18 heavy (non-hydrogen) atoms. The molecule has 0 aliphatic heterocycles. The van der Waals surface area contributed by atoms with Crippen molar-refractivity contribution in [2.24, 2.45) is 0 Å². The summed E-state index contributed by atoms with van der Waals surface area (Å²) < 4.78 is 26.1. The van der Waals surface area contributed by atoms with E-state index in [0.29, 0.717) is 22.1 Å². The van der Waals surface area contributed by atoms with Gasteiger partial charge in [-0.3, -0.25) is 0 Å². The number of rotatable bonds is 2. The molecule has 0 saturated carbocycles. The van der Waals surface area contributed by atoms with Gasteiger partial charge in [0.15, 0.2) is 11.6 Å². The normalized spacial score (nSPS) is 10.4. The van der Waals surface area contributed by atoms with E-state index in [2.05, 4.69) is 0 Å². The third kappa shape index (κ3) is 2.24. The maximum absolute atomic E-state index is 13.2. The average molecular weight is 269 g/mol. The number of nitrogen functional groups attached to an aromatic ring is 1. The Morgan fingerprint density at radius 3 is 2.44 bits per heavy atom. The quantitative estimate of drug-likeness (QED) is 0.835. The van der Waals surface area contributed by atoms with Crippen LogP contribution < -0.4 is 10.6 Å². The molecule has 2 rings (SSSR count). The van der Waals surface area contributed by atoms with Gasteiger partial charge in [0.2, 0.25) is 0 Å². The van der Waals surface area contributed by atoms with E-state index >= 15 is 0 Å². The van der Waals surface area contributed by atoms with Crippen molar-refractivity contribution in [3.8, 4) is 0 Å². The molecule has 2 nitrogen and oxygen atoms in total. The second kappa shape index (κ2) is 4.82. The molecule has 0 bridgehead atoms. The van der Waals surface area contributed by atoms with Crippen molar-refractivity contribution in [2.75, 3.05) is 17.7 Å². The van der Waals surface area contributed by atoms with Crippen LogP contribution in [-0.4, -0.2) is 7.05 Å². The van der Waals surface area contributed by atoms with E-state index in [1.807, 2.05) is 0 Å². The topological polar surface area (TPSA) is 29.3 Å². The number of hydrogen-bond donors (Lipinski definition) is 1. The largest absolute Gasteiger partial charge is 0.397 e. The molecule has 0 aliphatic rings. The minimum atomic E-state index is -0.912. The molecule has 2 aromatic carbocycles. The maximum atomic E-state index is 13.2. The van der Waals surface area contributed by atoms with Crippen molar-refractivity contribution in [2.45, 2.75) is 0 Å². The highest BCUT2D eigenvalue weighted by molar-refractivity contribution is 6.34. The summed E-state index contributed by atoms with van der Waals surface area (Å²) in [6.45, 7) is 0. The Labute approximate surface area is 109 Å². The number of nitrogens with zero attached hydrogens (tertiary/aromatic N) is 1. The molecule has 0 radical (unpaired) electrons. The lowest BCUT2D eigenvalue weighted by Gasteiger charge is -2.22. The smallest absolute Gasteiger partial charge is 0.160 e. The summed E-state index contributed by atoms with van der Waals surface area (Å²) in [7, 11) is 1.68. The van der Waals surface area contributed by atoms with Gasteiger partial charge in [0, 0.05) is 18.8 Å². The van der Waals surface area contributed by atoms with Crippen LogP contribution in [0.1, 0.15) is 0 Å². The monoisotopic (exact) mass is 268 g/mol. The lowest BCUT2D eigenvalue weighted by atomic mass is 10.2. The SMILES string of the molecule is CN(c1ccc(F)c(F)c1)c1c(N)cccc1Cl. The summed E-state index contributed by atoms with van der Waals surface area (Å²) in [5.74, 6) is -1.80. The van der Waals surface area contributed by atoms with Crippen LogP contribution >= 0.6 is 11.6 Å². The molecular formula is C13H11ClF2N2. The molecule has 0 spiro atoms.